The SMILES string of the molecule is O=CC(Cn1cc2ccccc2n1)N1CCC(c2nc(C=Cc3ccccc3)cs2)CC1. The normalized spacial score (nSPS) is 16.6. The molecule has 1 aliphatic heterocycles. The summed E-state index contributed by atoms with van der Waals surface area (Å²) in [4.78, 5) is 19.0. The Morgan fingerprint density at radius 2 is 1.81 bits per heavy atom. The molecule has 5 nitrogen and oxygen atoms in total. The number of aldehydes is 1. The van der Waals surface area contributed by atoms with Crippen LogP contribution in [0.25, 0.3) is 23.1 Å². The van der Waals surface area contributed by atoms with Gasteiger partial charge in [0.15, 0.2) is 0 Å². The van der Waals surface area contributed by atoms with Gasteiger partial charge in [-0.15, -0.1) is 11.3 Å². The van der Waals surface area contributed by atoms with Crippen molar-refractivity contribution in [2.75, 3.05) is 13.1 Å². The van der Waals surface area contributed by atoms with Crippen LogP contribution in [-0.4, -0.2) is 45.1 Å². The van der Waals surface area contributed by atoms with Gasteiger partial charge in [-0.25, -0.2) is 4.98 Å². The van der Waals surface area contributed by atoms with Gasteiger partial charge in [0, 0.05) is 22.9 Å². The number of hydrogen-bond donors (Lipinski definition) is 0. The molecule has 3 heterocycles. The lowest BCUT2D eigenvalue weighted by Gasteiger charge is -2.34. The van der Waals surface area contributed by atoms with E-state index in [0.717, 1.165) is 48.8 Å². The third kappa shape index (κ3) is 4.71. The van der Waals surface area contributed by atoms with Crippen molar-refractivity contribution in [2.24, 2.45) is 0 Å². The number of rotatable bonds is 7. The second-order valence-electron chi connectivity index (χ2n) is 8.28. The zero-order valence-corrected chi connectivity index (χ0v) is 18.7. The van der Waals surface area contributed by atoms with Crippen LogP contribution in [0.3, 0.4) is 0 Å². The van der Waals surface area contributed by atoms with Crippen molar-refractivity contribution in [1.29, 1.82) is 0 Å². The molecule has 0 bridgehead atoms. The Hall–Kier alpha value is -3.09. The van der Waals surface area contributed by atoms with Gasteiger partial charge in [0.05, 0.1) is 28.8 Å². The van der Waals surface area contributed by atoms with Crippen LogP contribution >= 0.6 is 11.3 Å². The monoisotopic (exact) mass is 442 g/mol. The van der Waals surface area contributed by atoms with Crippen LogP contribution in [0.5, 0.6) is 0 Å². The lowest BCUT2D eigenvalue weighted by Crippen LogP contribution is -2.44. The summed E-state index contributed by atoms with van der Waals surface area (Å²) >= 11 is 1.75. The van der Waals surface area contributed by atoms with Gasteiger partial charge in [-0.1, -0.05) is 54.6 Å². The number of likely N-dealkylation sites (tertiary alicyclic amines) is 1. The first-order valence-corrected chi connectivity index (χ1v) is 12.0. The Balaban J connectivity index is 1.18. The van der Waals surface area contributed by atoms with E-state index in [1.54, 1.807) is 11.3 Å². The minimum absolute atomic E-state index is 0.147. The lowest BCUT2D eigenvalue weighted by atomic mass is 9.96. The maximum Gasteiger partial charge on any atom is 0.139 e. The number of aromatic nitrogens is 3. The first kappa shape index (κ1) is 20.8. The summed E-state index contributed by atoms with van der Waals surface area (Å²) in [6, 6.07) is 18.2. The summed E-state index contributed by atoms with van der Waals surface area (Å²) in [5, 5.41) is 9.07. The average molecular weight is 443 g/mol. The molecule has 2 aromatic carbocycles. The largest absolute Gasteiger partial charge is 0.302 e. The maximum atomic E-state index is 11.9. The van der Waals surface area contributed by atoms with E-state index in [1.165, 1.54) is 10.6 Å². The van der Waals surface area contributed by atoms with E-state index in [-0.39, 0.29) is 6.04 Å². The van der Waals surface area contributed by atoms with Gasteiger partial charge >= 0.3 is 0 Å². The van der Waals surface area contributed by atoms with Crippen molar-refractivity contribution >= 4 is 40.7 Å². The smallest absolute Gasteiger partial charge is 0.139 e. The molecule has 5 rings (SSSR count). The molecule has 0 saturated carbocycles. The van der Waals surface area contributed by atoms with Crippen molar-refractivity contribution in [2.45, 2.75) is 31.3 Å². The van der Waals surface area contributed by atoms with Crippen LogP contribution in [0.4, 0.5) is 0 Å². The van der Waals surface area contributed by atoms with E-state index in [0.29, 0.717) is 12.5 Å². The molecule has 0 N–H and O–H groups in total. The number of nitrogens with zero attached hydrogens (tertiary/aromatic N) is 4. The number of thiazole rings is 1. The number of fused-ring (bicyclic) bond motifs is 1. The zero-order valence-electron chi connectivity index (χ0n) is 17.9. The Bertz CT molecular complexity index is 1170. The summed E-state index contributed by atoms with van der Waals surface area (Å²) < 4.78 is 1.90. The van der Waals surface area contributed by atoms with Gasteiger partial charge in [0.2, 0.25) is 0 Å². The number of hydrogen-bond acceptors (Lipinski definition) is 5. The van der Waals surface area contributed by atoms with Crippen LogP contribution < -0.4 is 0 Å². The zero-order chi connectivity index (χ0) is 21.8. The van der Waals surface area contributed by atoms with Crippen LogP contribution in [-0.2, 0) is 11.3 Å². The average Bonchev–Trinajstić information content (AvgIpc) is 3.49. The number of carbonyl (C=O) groups is 1. The first-order valence-electron chi connectivity index (χ1n) is 11.1. The minimum Gasteiger partial charge on any atom is -0.302 e. The second kappa shape index (κ2) is 9.59. The number of benzene rings is 2. The first-order chi connectivity index (χ1) is 15.8. The van der Waals surface area contributed by atoms with Crippen molar-refractivity contribution in [3.63, 3.8) is 0 Å². The Kier molecular flexibility index (Phi) is 6.23. The molecule has 162 valence electrons. The summed E-state index contributed by atoms with van der Waals surface area (Å²) in [6.07, 6.45) is 9.35. The summed E-state index contributed by atoms with van der Waals surface area (Å²) in [5.41, 5.74) is 3.17. The minimum atomic E-state index is -0.147. The molecule has 0 aliphatic carbocycles. The van der Waals surface area contributed by atoms with Crippen molar-refractivity contribution < 1.29 is 4.79 Å². The number of carbonyl (C=O) groups excluding carboxylic acids is 1. The molecule has 0 amide bonds. The van der Waals surface area contributed by atoms with E-state index in [1.807, 2.05) is 47.3 Å². The predicted octanol–water partition coefficient (Wildman–Crippen LogP) is 5.11. The molecule has 32 heavy (non-hydrogen) atoms. The van der Waals surface area contributed by atoms with E-state index >= 15 is 0 Å². The van der Waals surface area contributed by atoms with E-state index in [9.17, 15) is 4.79 Å². The van der Waals surface area contributed by atoms with Crippen molar-refractivity contribution in [1.82, 2.24) is 19.7 Å². The topological polar surface area (TPSA) is 51.0 Å². The van der Waals surface area contributed by atoms with Crippen LogP contribution in [0.15, 0.2) is 66.2 Å². The van der Waals surface area contributed by atoms with E-state index in [2.05, 4.69) is 45.7 Å². The van der Waals surface area contributed by atoms with Gasteiger partial charge in [-0.3, -0.25) is 9.58 Å². The fraction of sp³-hybridized carbons (Fsp3) is 0.269. The highest BCUT2D eigenvalue weighted by Gasteiger charge is 2.27. The lowest BCUT2D eigenvalue weighted by molar-refractivity contribution is -0.113. The fourth-order valence-corrected chi connectivity index (χ4v) is 5.29. The molecule has 1 unspecified atom stereocenters. The quantitative estimate of drug-likeness (QED) is 0.373. The molecule has 1 saturated heterocycles. The standard InChI is InChI=1S/C26H26N4OS/c31-18-24(17-30-16-22-8-4-5-9-25(22)28-30)29-14-12-21(13-15-29)26-27-23(19-32-26)11-10-20-6-2-1-3-7-20/h1-11,16,18-19,21,24H,12-15,17H2. The highest BCUT2D eigenvalue weighted by atomic mass is 32.1. The van der Waals surface area contributed by atoms with E-state index in [4.69, 9.17) is 4.98 Å². The Morgan fingerprint density at radius 3 is 2.59 bits per heavy atom. The van der Waals surface area contributed by atoms with Crippen molar-refractivity contribution in [3.8, 4) is 0 Å². The Labute approximate surface area is 192 Å². The molecule has 4 aromatic rings. The maximum absolute atomic E-state index is 11.9. The van der Waals surface area contributed by atoms with Gasteiger partial charge in [-0.05, 0) is 43.6 Å². The van der Waals surface area contributed by atoms with Gasteiger partial charge < -0.3 is 4.79 Å². The molecule has 0 spiro atoms. The third-order valence-corrected chi connectivity index (χ3v) is 7.15. The predicted molar refractivity (Wildman–Crippen MR) is 131 cm³/mol. The molecule has 0 radical (unpaired) electrons. The number of piperidine rings is 1. The van der Waals surface area contributed by atoms with Crippen LogP contribution in [0.1, 0.15) is 35.0 Å². The molecule has 1 aliphatic rings. The van der Waals surface area contributed by atoms with Gasteiger partial charge in [0.1, 0.15) is 6.29 Å². The summed E-state index contributed by atoms with van der Waals surface area (Å²) in [5.74, 6) is 0.467. The second-order valence-corrected chi connectivity index (χ2v) is 9.17. The third-order valence-electron chi connectivity index (χ3n) is 6.13. The highest BCUT2D eigenvalue weighted by Crippen LogP contribution is 2.31. The molecule has 1 fully saturated rings. The van der Waals surface area contributed by atoms with E-state index < -0.39 is 0 Å². The summed E-state index contributed by atoms with van der Waals surface area (Å²) in [6.45, 7) is 2.40. The fourth-order valence-electron chi connectivity index (χ4n) is 4.33. The molecular formula is C26H26N4OS. The highest BCUT2D eigenvalue weighted by molar-refractivity contribution is 7.09. The van der Waals surface area contributed by atoms with Crippen molar-refractivity contribution in [3.05, 3.63) is 82.4 Å². The van der Waals surface area contributed by atoms with Gasteiger partial charge in [-0.2, -0.15) is 5.10 Å². The van der Waals surface area contributed by atoms with Crippen LogP contribution in [0, 0.1) is 0 Å². The molecule has 6 heteroatoms. The van der Waals surface area contributed by atoms with Crippen LogP contribution in [0.2, 0.25) is 0 Å². The molecule has 2 aromatic heterocycles. The summed E-state index contributed by atoms with van der Waals surface area (Å²) in [7, 11) is 0. The molecule has 1 atom stereocenters. The van der Waals surface area contributed by atoms with Gasteiger partial charge in [0.25, 0.3) is 0 Å². The molecular weight excluding hydrogens is 416 g/mol. The Morgan fingerprint density at radius 1 is 1.03 bits per heavy atom.